The van der Waals surface area contributed by atoms with Crippen LogP contribution in [0.5, 0.6) is 11.5 Å². The van der Waals surface area contributed by atoms with E-state index >= 15 is 0 Å². The average Bonchev–Trinajstić information content (AvgIpc) is 2.66. The third kappa shape index (κ3) is 3.60. The topological polar surface area (TPSA) is 65.7 Å². The number of phenolic OH excluding ortho intramolecular Hbond substituents is 2. The van der Waals surface area contributed by atoms with Gasteiger partial charge in [0.25, 0.3) is 0 Å². The van der Waals surface area contributed by atoms with Crippen LogP contribution in [-0.2, 0) is 6.42 Å². The minimum atomic E-state index is 0.238. The molecule has 0 fully saturated rings. The van der Waals surface area contributed by atoms with Gasteiger partial charge in [-0.3, -0.25) is 9.98 Å². The summed E-state index contributed by atoms with van der Waals surface area (Å²) in [5, 5.41) is 19.2. The van der Waals surface area contributed by atoms with Crippen molar-refractivity contribution in [2.45, 2.75) is 19.8 Å². The number of hydrogen-bond acceptors (Lipinski definition) is 4. The molecule has 134 valence electrons. The highest BCUT2D eigenvalue weighted by Crippen LogP contribution is 2.29. The first-order valence-corrected chi connectivity index (χ1v) is 8.92. The van der Waals surface area contributed by atoms with Crippen LogP contribution in [0.4, 0.5) is 0 Å². The maximum atomic E-state index is 9.77. The molecule has 0 spiro atoms. The highest BCUT2D eigenvalue weighted by atomic mass is 16.3. The van der Waals surface area contributed by atoms with Crippen LogP contribution in [-0.4, -0.2) is 21.4 Å². The fourth-order valence-corrected chi connectivity index (χ4v) is 3.30. The number of aliphatic imine (C=N–C) groups is 1. The second kappa shape index (κ2) is 7.08. The Bertz CT molecular complexity index is 1050. The molecule has 2 heterocycles. The van der Waals surface area contributed by atoms with Crippen LogP contribution in [0.2, 0.25) is 0 Å². The minimum Gasteiger partial charge on any atom is -0.508 e. The summed E-state index contributed by atoms with van der Waals surface area (Å²) in [5.41, 5.74) is 7.04. The first-order chi connectivity index (χ1) is 13.1. The Morgan fingerprint density at radius 1 is 0.815 bits per heavy atom. The summed E-state index contributed by atoms with van der Waals surface area (Å²) in [7, 11) is 0. The summed E-state index contributed by atoms with van der Waals surface area (Å²) in [4.78, 5) is 9.29. The average molecular weight is 356 g/mol. The lowest BCUT2D eigenvalue weighted by Gasteiger charge is -2.14. The van der Waals surface area contributed by atoms with Crippen molar-refractivity contribution in [3.63, 3.8) is 0 Å². The van der Waals surface area contributed by atoms with Crippen LogP contribution in [0.15, 0.2) is 71.4 Å². The summed E-state index contributed by atoms with van der Waals surface area (Å²) in [5.74, 6) is 0.493. The fourth-order valence-electron chi connectivity index (χ4n) is 3.30. The monoisotopic (exact) mass is 356 g/mol. The number of allylic oxidation sites excluding steroid dienone is 1. The summed E-state index contributed by atoms with van der Waals surface area (Å²) in [6.07, 6.45) is 5.38. The smallest absolute Gasteiger partial charge is 0.116 e. The van der Waals surface area contributed by atoms with E-state index in [-0.39, 0.29) is 11.5 Å². The number of aromatic hydroxyl groups is 2. The number of phenols is 2. The zero-order valence-corrected chi connectivity index (χ0v) is 15.1. The number of rotatable bonds is 2. The summed E-state index contributed by atoms with van der Waals surface area (Å²) in [6.45, 7) is 2.08. The molecule has 2 N–H and O–H groups in total. The normalized spacial score (nSPS) is 13.8. The van der Waals surface area contributed by atoms with Crippen molar-refractivity contribution in [3.05, 3.63) is 83.2 Å². The van der Waals surface area contributed by atoms with Crippen LogP contribution in [0, 0.1) is 0 Å². The molecule has 0 saturated heterocycles. The van der Waals surface area contributed by atoms with Gasteiger partial charge in [-0.05, 0) is 66.8 Å². The van der Waals surface area contributed by atoms with E-state index in [4.69, 9.17) is 0 Å². The van der Waals surface area contributed by atoms with Gasteiger partial charge in [0.1, 0.15) is 11.5 Å². The lowest BCUT2D eigenvalue weighted by Crippen LogP contribution is -2.02. The fraction of sp³-hybridized carbons (Fsp3) is 0.130. The molecule has 1 aromatic heterocycles. The maximum Gasteiger partial charge on any atom is 0.116 e. The molecule has 1 aliphatic heterocycles. The molecule has 2 aromatic carbocycles. The van der Waals surface area contributed by atoms with Gasteiger partial charge in [0, 0.05) is 17.3 Å². The number of fused-ring (bicyclic) bond motifs is 1. The number of nitrogens with zero attached hydrogens (tertiary/aromatic N) is 2. The molecule has 0 amide bonds. The van der Waals surface area contributed by atoms with Crippen molar-refractivity contribution in [1.82, 2.24) is 4.98 Å². The highest BCUT2D eigenvalue weighted by molar-refractivity contribution is 5.87. The van der Waals surface area contributed by atoms with Crippen LogP contribution in [0.1, 0.15) is 30.2 Å². The zero-order chi connectivity index (χ0) is 18.8. The summed E-state index contributed by atoms with van der Waals surface area (Å²) < 4.78 is 0. The Morgan fingerprint density at radius 2 is 1.63 bits per heavy atom. The van der Waals surface area contributed by atoms with Gasteiger partial charge in [0.05, 0.1) is 17.6 Å². The number of hydrogen-bond donors (Lipinski definition) is 2. The molecular weight excluding hydrogens is 336 g/mol. The van der Waals surface area contributed by atoms with Gasteiger partial charge in [-0.1, -0.05) is 24.3 Å². The van der Waals surface area contributed by atoms with E-state index in [2.05, 4.69) is 23.0 Å². The van der Waals surface area contributed by atoms with Gasteiger partial charge in [0.2, 0.25) is 0 Å². The predicted octanol–water partition coefficient (Wildman–Crippen LogP) is 4.96. The predicted molar refractivity (Wildman–Crippen MR) is 108 cm³/mol. The first kappa shape index (κ1) is 17.0. The lowest BCUT2D eigenvalue weighted by atomic mass is 9.96. The maximum absolute atomic E-state index is 9.77. The van der Waals surface area contributed by atoms with Crippen LogP contribution >= 0.6 is 0 Å². The van der Waals surface area contributed by atoms with Crippen LogP contribution in [0.3, 0.4) is 0 Å². The molecule has 4 heteroatoms. The summed E-state index contributed by atoms with van der Waals surface area (Å²) in [6, 6.07) is 16.5. The lowest BCUT2D eigenvalue weighted by molar-refractivity contribution is 0.474. The van der Waals surface area contributed by atoms with Crippen molar-refractivity contribution in [2.24, 2.45) is 4.99 Å². The van der Waals surface area contributed by atoms with E-state index in [0.29, 0.717) is 0 Å². The molecule has 0 aliphatic carbocycles. The van der Waals surface area contributed by atoms with E-state index in [1.807, 2.05) is 30.5 Å². The Labute approximate surface area is 158 Å². The molecule has 3 aromatic rings. The van der Waals surface area contributed by atoms with Gasteiger partial charge in [0.15, 0.2) is 0 Å². The molecular formula is C23H20N2O2. The molecule has 0 saturated carbocycles. The first-order valence-electron chi connectivity index (χ1n) is 8.92. The minimum absolute atomic E-state index is 0.238. The van der Waals surface area contributed by atoms with Gasteiger partial charge >= 0.3 is 0 Å². The molecule has 0 unspecified atom stereocenters. The van der Waals surface area contributed by atoms with Crippen molar-refractivity contribution >= 4 is 11.9 Å². The van der Waals surface area contributed by atoms with Gasteiger partial charge in [-0.25, -0.2) is 0 Å². The Kier molecular flexibility index (Phi) is 4.47. The third-order valence-electron chi connectivity index (χ3n) is 4.81. The SMILES string of the molecule is CC1=C(c2cccc(O)c2)N=Cc2ncc(-c3ccc(O)cc3)cc2CC1. The molecule has 0 radical (unpaired) electrons. The molecule has 1 aliphatic rings. The standard InChI is InChI=1S/C23H20N2O2/c1-15-5-6-17-11-19(16-7-9-20(26)10-8-16)13-24-22(17)14-25-23(15)18-3-2-4-21(27)12-18/h2-4,7-14,26-27H,5-6H2,1H3. The Balaban J connectivity index is 1.70. The molecule has 0 bridgehead atoms. The largest absolute Gasteiger partial charge is 0.508 e. The molecule has 27 heavy (non-hydrogen) atoms. The van der Waals surface area contributed by atoms with E-state index in [1.54, 1.807) is 30.5 Å². The van der Waals surface area contributed by atoms with Crippen LogP contribution in [0.25, 0.3) is 16.8 Å². The number of aryl methyl sites for hydroxylation is 1. The van der Waals surface area contributed by atoms with Crippen molar-refractivity contribution in [1.29, 1.82) is 0 Å². The van der Waals surface area contributed by atoms with E-state index in [9.17, 15) is 10.2 Å². The van der Waals surface area contributed by atoms with Crippen LogP contribution < -0.4 is 0 Å². The molecule has 4 nitrogen and oxygen atoms in total. The Hall–Kier alpha value is -3.40. The molecule has 4 rings (SSSR count). The van der Waals surface area contributed by atoms with E-state index in [1.165, 1.54) is 5.57 Å². The molecule has 0 atom stereocenters. The Morgan fingerprint density at radius 3 is 2.41 bits per heavy atom. The zero-order valence-electron chi connectivity index (χ0n) is 15.1. The van der Waals surface area contributed by atoms with Gasteiger partial charge in [-0.15, -0.1) is 0 Å². The van der Waals surface area contributed by atoms with Crippen molar-refractivity contribution in [3.8, 4) is 22.6 Å². The van der Waals surface area contributed by atoms with Gasteiger partial charge < -0.3 is 10.2 Å². The second-order valence-corrected chi connectivity index (χ2v) is 6.75. The second-order valence-electron chi connectivity index (χ2n) is 6.75. The van der Waals surface area contributed by atoms with E-state index < -0.39 is 0 Å². The third-order valence-corrected chi connectivity index (χ3v) is 4.81. The number of benzene rings is 2. The highest BCUT2D eigenvalue weighted by Gasteiger charge is 2.13. The number of aromatic nitrogens is 1. The van der Waals surface area contributed by atoms with Crippen molar-refractivity contribution in [2.75, 3.05) is 0 Å². The quantitative estimate of drug-likeness (QED) is 0.682. The van der Waals surface area contributed by atoms with Gasteiger partial charge in [-0.2, -0.15) is 0 Å². The van der Waals surface area contributed by atoms with Crippen molar-refractivity contribution < 1.29 is 10.2 Å². The van der Waals surface area contributed by atoms with E-state index in [0.717, 1.165) is 46.5 Å². The summed E-state index contributed by atoms with van der Waals surface area (Å²) >= 11 is 0. The number of pyridine rings is 1.